The molecule has 164 valence electrons. The Hall–Kier alpha value is -1.22. The molecule has 29 heavy (non-hydrogen) atoms. The molecular formula is C22H36IN3O3. The summed E-state index contributed by atoms with van der Waals surface area (Å²) in [5.41, 5.74) is 1.10. The lowest BCUT2D eigenvalue weighted by molar-refractivity contribution is 0.120. The summed E-state index contributed by atoms with van der Waals surface area (Å²) in [4.78, 5) is 4.76. The van der Waals surface area contributed by atoms with E-state index >= 15 is 0 Å². The van der Waals surface area contributed by atoms with Crippen molar-refractivity contribution in [2.75, 3.05) is 13.7 Å². The lowest BCUT2D eigenvalue weighted by Gasteiger charge is -2.27. The van der Waals surface area contributed by atoms with E-state index in [0.717, 1.165) is 68.1 Å². The third-order valence-corrected chi connectivity index (χ3v) is 5.63. The second-order valence-electron chi connectivity index (χ2n) is 7.85. The van der Waals surface area contributed by atoms with Gasteiger partial charge >= 0.3 is 0 Å². The molecule has 3 N–H and O–H groups in total. The highest BCUT2D eigenvalue weighted by atomic mass is 127. The van der Waals surface area contributed by atoms with Crippen molar-refractivity contribution < 1.29 is 14.6 Å². The fourth-order valence-corrected chi connectivity index (χ4v) is 4.00. The average Bonchev–Trinajstić information content (AvgIpc) is 3.21. The van der Waals surface area contributed by atoms with Crippen molar-refractivity contribution in [3.63, 3.8) is 0 Å². The number of halogens is 1. The number of aliphatic hydroxyl groups excluding tert-OH is 1. The van der Waals surface area contributed by atoms with Gasteiger partial charge in [-0.3, -0.25) is 0 Å². The van der Waals surface area contributed by atoms with Crippen molar-refractivity contribution >= 4 is 29.9 Å². The molecular weight excluding hydrogens is 481 g/mol. The zero-order valence-electron chi connectivity index (χ0n) is 17.7. The van der Waals surface area contributed by atoms with E-state index in [-0.39, 0.29) is 30.1 Å². The Kier molecular flexibility index (Phi) is 10.3. The van der Waals surface area contributed by atoms with Gasteiger partial charge in [0.2, 0.25) is 0 Å². The van der Waals surface area contributed by atoms with Crippen molar-refractivity contribution in [1.82, 2.24) is 10.6 Å². The van der Waals surface area contributed by atoms with E-state index in [2.05, 4.69) is 23.6 Å². The molecule has 0 spiro atoms. The van der Waals surface area contributed by atoms with Gasteiger partial charge in [-0.15, -0.1) is 24.0 Å². The zero-order valence-corrected chi connectivity index (χ0v) is 20.0. The van der Waals surface area contributed by atoms with Gasteiger partial charge in [-0.25, -0.2) is 4.99 Å². The fourth-order valence-electron chi connectivity index (χ4n) is 4.00. The normalized spacial score (nSPS) is 22.7. The van der Waals surface area contributed by atoms with Gasteiger partial charge in [0.25, 0.3) is 0 Å². The number of aliphatic hydroxyl groups is 1. The Bertz CT molecular complexity index is 642. The Morgan fingerprint density at radius 3 is 2.48 bits per heavy atom. The number of benzene rings is 1. The maximum Gasteiger partial charge on any atom is 0.191 e. The molecule has 0 saturated heterocycles. The third kappa shape index (κ3) is 7.51. The van der Waals surface area contributed by atoms with Crippen molar-refractivity contribution in [2.24, 2.45) is 4.99 Å². The first-order valence-electron chi connectivity index (χ1n) is 10.7. The van der Waals surface area contributed by atoms with Crippen LogP contribution < -0.4 is 20.1 Å². The summed E-state index contributed by atoms with van der Waals surface area (Å²) in [6, 6.07) is 6.45. The third-order valence-electron chi connectivity index (χ3n) is 5.63. The lowest BCUT2D eigenvalue weighted by atomic mass is 9.93. The minimum absolute atomic E-state index is 0. The standard InChI is InChI=1S/C22H35N3O3.HI/c1-3-23-22(25-17-9-11-18(26)12-10-17)24-15-16-8-13-20(27-2)21(14-16)28-19-6-4-5-7-19;/h8,13-14,17-19,26H,3-7,9-12,15H2,1-2H3,(H2,23,24,25);1H. The number of nitrogens with one attached hydrogen (secondary N) is 2. The van der Waals surface area contributed by atoms with Crippen molar-refractivity contribution in [2.45, 2.75) is 83.1 Å². The number of rotatable bonds is 7. The molecule has 0 aliphatic heterocycles. The molecule has 0 atom stereocenters. The second-order valence-corrected chi connectivity index (χ2v) is 7.85. The van der Waals surface area contributed by atoms with Gasteiger partial charge in [0.15, 0.2) is 17.5 Å². The van der Waals surface area contributed by atoms with Crippen LogP contribution in [0.15, 0.2) is 23.2 Å². The molecule has 2 aliphatic carbocycles. The van der Waals surface area contributed by atoms with Gasteiger partial charge in [0, 0.05) is 12.6 Å². The lowest BCUT2D eigenvalue weighted by Crippen LogP contribution is -2.45. The molecule has 2 fully saturated rings. The molecule has 0 bridgehead atoms. The highest BCUT2D eigenvalue weighted by Gasteiger charge is 2.20. The summed E-state index contributed by atoms with van der Waals surface area (Å²) in [6.45, 7) is 3.47. The van der Waals surface area contributed by atoms with Crippen molar-refractivity contribution in [3.05, 3.63) is 23.8 Å². The maximum absolute atomic E-state index is 9.69. The molecule has 1 aromatic carbocycles. The Morgan fingerprint density at radius 2 is 1.83 bits per heavy atom. The van der Waals surface area contributed by atoms with Gasteiger partial charge in [-0.1, -0.05) is 6.07 Å². The van der Waals surface area contributed by atoms with E-state index in [1.807, 2.05) is 12.1 Å². The largest absolute Gasteiger partial charge is 0.493 e. The number of aliphatic imine (C=N–C) groups is 1. The van der Waals surface area contributed by atoms with Crippen LogP contribution in [-0.4, -0.2) is 43.0 Å². The van der Waals surface area contributed by atoms with Crippen LogP contribution in [0.1, 0.15) is 63.9 Å². The maximum atomic E-state index is 9.69. The SMILES string of the molecule is CCNC(=NCc1ccc(OC)c(OC2CCCC2)c1)NC1CCC(O)CC1.I. The van der Waals surface area contributed by atoms with Crippen LogP contribution in [0.25, 0.3) is 0 Å². The number of nitrogens with zero attached hydrogens (tertiary/aromatic N) is 1. The Balaban J connectivity index is 0.00000300. The molecule has 0 amide bonds. The van der Waals surface area contributed by atoms with Gasteiger partial charge in [-0.05, 0) is 76.0 Å². The number of guanidine groups is 1. The van der Waals surface area contributed by atoms with Crippen LogP contribution in [0.2, 0.25) is 0 Å². The molecule has 0 radical (unpaired) electrons. The molecule has 6 nitrogen and oxygen atoms in total. The molecule has 1 aromatic rings. The predicted molar refractivity (Wildman–Crippen MR) is 128 cm³/mol. The van der Waals surface area contributed by atoms with E-state index in [4.69, 9.17) is 14.5 Å². The minimum atomic E-state index is -0.143. The molecule has 0 aromatic heterocycles. The van der Waals surface area contributed by atoms with Crippen molar-refractivity contribution in [1.29, 1.82) is 0 Å². The fraction of sp³-hybridized carbons (Fsp3) is 0.682. The van der Waals surface area contributed by atoms with Crippen LogP contribution in [-0.2, 0) is 6.54 Å². The van der Waals surface area contributed by atoms with E-state index in [0.29, 0.717) is 18.7 Å². The summed E-state index contributed by atoms with van der Waals surface area (Å²) in [6.07, 6.45) is 8.56. The molecule has 3 rings (SSSR count). The van der Waals surface area contributed by atoms with Crippen LogP contribution in [0.5, 0.6) is 11.5 Å². The van der Waals surface area contributed by atoms with Crippen LogP contribution in [0.4, 0.5) is 0 Å². The zero-order chi connectivity index (χ0) is 19.8. The van der Waals surface area contributed by atoms with Crippen molar-refractivity contribution in [3.8, 4) is 11.5 Å². The van der Waals surface area contributed by atoms with E-state index in [9.17, 15) is 5.11 Å². The van der Waals surface area contributed by atoms with Gasteiger partial charge < -0.3 is 25.2 Å². The first-order valence-corrected chi connectivity index (χ1v) is 10.7. The van der Waals surface area contributed by atoms with Crippen LogP contribution in [0, 0.1) is 0 Å². The molecule has 2 aliphatic rings. The number of hydrogen-bond donors (Lipinski definition) is 3. The van der Waals surface area contributed by atoms with Gasteiger partial charge in [0.05, 0.1) is 25.9 Å². The average molecular weight is 517 g/mol. The second kappa shape index (κ2) is 12.5. The molecule has 7 heteroatoms. The van der Waals surface area contributed by atoms with Gasteiger partial charge in [-0.2, -0.15) is 0 Å². The summed E-state index contributed by atoms with van der Waals surface area (Å²) in [5, 5.41) is 16.5. The highest BCUT2D eigenvalue weighted by molar-refractivity contribution is 14.0. The van der Waals surface area contributed by atoms with Crippen LogP contribution >= 0.6 is 24.0 Å². The Morgan fingerprint density at radius 1 is 1.10 bits per heavy atom. The summed E-state index contributed by atoms with van der Waals surface area (Å²) in [7, 11) is 1.68. The molecule has 0 heterocycles. The predicted octanol–water partition coefficient (Wildman–Crippen LogP) is 3.99. The molecule has 0 unspecified atom stereocenters. The first-order chi connectivity index (χ1) is 13.7. The quantitative estimate of drug-likeness (QED) is 0.290. The summed E-state index contributed by atoms with van der Waals surface area (Å²) in [5.74, 6) is 2.43. The van der Waals surface area contributed by atoms with E-state index < -0.39 is 0 Å². The van der Waals surface area contributed by atoms with E-state index in [1.165, 1.54) is 12.8 Å². The van der Waals surface area contributed by atoms with Gasteiger partial charge in [0.1, 0.15) is 0 Å². The van der Waals surface area contributed by atoms with Crippen LogP contribution in [0.3, 0.4) is 0 Å². The molecule has 2 saturated carbocycles. The highest BCUT2D eigenvalue weighted by Crippen LogP contribution is 2.32. The number of hydrogen-bond acceptors (Lipinski definition) is 4. The summed E-state index contributed by atoms with van der Waals surface area (Å²) >= 11 is 0. The monoisotopic (exact) mass is 517 g/mol. The Labute approximate surface area is 191 Å². The first kappa shape index (κ1) is 24.1. The summed E-state index contributed by atoms with van der Waals surface area (Å²) < 4.78 is 11.7. The topological polar surface area (TPSA) is 75.1 Å². The number of ether oxygens (including phenoxy) is 2. The number of methoxy groups -OCH3 is 1. The van der Waals surface area contributed by atoms with E-state index in [1.54, 1.807) is 7.11 Å². The minimum Gasteiger partial charge on any atom is -0.493 e. The smallest absolute Gasteiger partial charge is 0.191 e.